The lowest BCUT2D eigenvalue weighted by Gasteiger charge is -2.18. The molecule has 0 rings (SSSR count). The molecule has 0 saturated carbocycles. The molecule has 0 radical (unpaired) electrons. The third-order valence-corrected chi connectivity index (χ3v) is 13.0. The highest BCUT2D eigenvalue weighted by molar-refractivity contribution is 5.71. The maximum atomic E-state index is 12.9. The fourth-order valence-electron chi connectivity index (χ4n) is 8.52. The van der Waals surface area contributed by atoms with Gasteiger partial charge in [0.05, 0.1) is 0 Å². The number of carbonyl (C=O) groups excluding carboxylic acids is 3. The number of carbonyl (C=O) groups is 3. The summed E-state index contributed by atoms with van der Waals surface area (Å²) in [6.45, 7) is 6.62. The summed E-state index contributed by atoms with van der Waals surface area (Å²) in [5, 5.41) is 0. The van der Waals surface area contributed by atoms with Crippen LogP contribution in [-0.2, 0) is 28.6 Å². The quantitative estimate of drug-likeness (QED) is 0.0262. The minimum absolute atomic E-state index is 0.0797. The van der Waals surface area contributed by atoms with Gasteiger partial charge in [0, 0.05) is 19.3 Å². The van der Waals surface area contributed by atoms with Gasteiger partial charge in [-0.15, -0.1) is 0 Å². The monoisotopic (exact) mass is 953 g/mol. The molecule has 0 aliphatic heterocycles. The van der Waals surface area contributed by atoms with Crippen LogP contribution in [-0.4, -0.2) is 37.2 Å². The highest BCUT2D eigenvalue weighted by Gasteiger charge is 2.19. The summed E-state index contributed by atoms with van der Waals surface area (Å²) in [7, 11) is 0. The molecule has 0 bridgehead atoms. The smallest absolute Gasteiger partial charge is 0.306 e. The van der Waals surface area contributed by atoms with Gasteiger partial charge < -0.3 is 14.2 Å². The molecule has 6 heteroatoms. The second kappa shape index (κ2) is 57.0. The Morgan fingerprint density at radius 1 is 0.294 bits per heavy atom. The van der Waals surface area contributed by atoms with Crippen molar-refractivity contribution in [1.29, 1.82) is 0 Å². The Kier molecular flexibility index (Phi) is 54.8. The van der Waals surface area contributed by atoms with E-state index in [4.69, 9.17) is 14.2 Å². The molecule has 0 aromatic heterocycles. The lowest BCUT2D eigenvalue weighted by atomic mass is 10.1. The number of hydrogen-bond acceptors (Lipinski definition) is 6. The largest absolute Gasteiger partial charge is 0.462 e. The summed E-state index contributed by atoms with van der Waals surface area (Å²) in [5.41, 5.74) is 0. The molecule has 0 N–H and O–H groups in total. The minimum atomic E-state index is -0.782. The maximum Gasteiger partial charge on any atom is 0.306 e. The molecule has 0 fully saturated rings. The topological polar surface area (TPSA) is 78.9 Å². The Bertz CT molecular complexity index is 1190. The van der Waals surface area contributed by atoms with Crippen LogP contribution in [0.2, 0.25) is 0 Å². The number of unbranched alkanes of at least 4 members (excludes halogenated alkanes) is 35. The molecule has 1 atom stereocenters. The Hall–Kier alpha value is -2.63. The zero-order valence-electron chi connectivity index (χ0n) is 45.4. The molecule has 0 amide bonds. The lowest BCUT2D eigenvalue weighted by molar-refractivity contribution is -0.167. The predicted molar refractivity (Wildman–Crippen MR) is 293 cm³/mol. The van der Waals surface area contributed by atoms with Gasteiger partial charge in [-0.2, -0.15) is 0 Å². The van der Waals surface area contributed by atoms with Crippen molar-refractivity contribution < 1.29 is 28.6 Å². The van der Waals surface area contributed by atoms with Crippen LogP contribution < -0.4 is 0 Å². The van der Waals surface area contributed by atoms with Crippen LogP contribution in [0.3, 0.4) is 0 Å². The SMILES string of the molecule is CCCCC/C=C\C/C=C\CCCCCCCCCC(=O)OC(COC(=O)CCCCCCC/C=C\CCCCCCCCCCC)COC(=O)CCCCCCCCC/C=C\CCCCCC. The van der Waals surface area contributed by atoms with Crippen molar-refractivity contribution in [2.24, 2.45) is 0 Å². The van der Waals surface area contributed by atoms with Crippen molar-refractivity contribution in [2.45, 2.75) is 316 Å². The summed E-state index contributed by atoms with van der Waals surface area (Å²) < 4.78 is 16.9. The first-order chi connectivity index (χ1) is 33.5. The van der Waals surface area contributed by atoms with Gasteiger partial charge in [0.15, 0.2) is 6.10 Å². The second-order valence-electron chi connectivity index (χ2n) is 19.9. The van der Waals surface area contributed by atoms with Gasteiger partial charge in [0.25, 0.3) is 0 Å². The van der Waals surface area contributed by atoms with Crippen LogP contribution in [0, 0.1) is 0 Å². The Morgan fingerprint density at radius 3 is 0.868 bits per heavy atom. The molecule has 6 nitrogen and oxygen atoms in total. The van der Waals surface area contributed by atoms with Gasteiger partial charge in [-0.25, -0.2) is 0 Å². The van der Waals surface area contributed by atoms with E-state index in [0.29, 0.717) is 19.3 Å². The van der Waals surface area contributed by atoms with E-state index in [2.05, 4.69) is 69.4 Å². The number of hydrogen-bond donors (Lipinski definition) is 0. The Morgan fingerprint density at radius 2 is 0.529 bits per heavy atom. The maximum absolute atomic E-state index is 12.9. The first-order valence-electron chi connectivity index (χ1n) is 29.6. The van der Waals surface area contributed by atoms with Crippen molar-refractivity contribution in [3.63, 3.8) is 0 Å². The third-order valence-electron chi connectivity index (χ3n) is 13.0. The van der Waals surface area contributed by atoms with Gasteiger partial charge in [-0.1, -0.05) is 236 Å². The van der Waals surface area contributed by atoms with Crippen LogP contribution in [0.25, 0.3) is 0 Å². The molecule has 0 heterocycles. The van der Waals surface area contributed by atoms with E-state index >= 15 is 0 Å². The summed E-state index contributed by atoms with van der Waals surface area (Å²) in [6, 6.07) is 0. The van der Waals surface area contributed by atoms with E-state index < -0.39 is 6.10 Å². The fourth-order valence-corrected chi connectivity index (χ4v) is 8.52. The summed E-state index contributed by atoms with van der Waals surface area (Å²) in [6.07, 6.45) is 69.5. The molecule has 0 aromatic carbocycles. The molecular weight excluding hydrogens is 841 g/mol. The van der Waals surface area contributed by atoms with E-state index in [9.17, 15) is 14.4 Å². The van der Waals surface area contributed by atoms with Crippen LogP contribution >= 0.6 is 0 Å². The average molecular weight is 954 g/mol. The molecule has 68 heavy (non-hydrogen) atoms. The van der Waals surface area contributed by atoms with Gasteiger partial charge in [-0.05, 0) is 103 Å². The Balaban J connectivity index is 4.38. The number of allylic oxidation sites excluding steroid dienone is 8. The first-order valence-corrected chi connectivity index (χ1v) is 29.6. The van der Waals surface area contributed by atoms with E-state index in [-0.39, 0.29) is 31.1 Å². The molecule has 0 spiro atoms. The normalized spacial score (nSPS) is 12.3. The third kappa shape index (κ3) is 54.3. The zero-order chi connectivity index (χ0) is 49.3. The number of rotatable bonds is 54. The molecular formula is C62H112O6. The summed E-state index contributed by atoms with van der Waals surface area (Å²) in [5.74, 6) is -0.886. The fraction of sp³-hybridized carbons (Fsp3) is 0.823. The first kappa shape index (κ1) is 65.4. The van der Waals surface area contributed by atoms with E-state index in [0.717, 1.165) is 77.0 Å². The van der Waals surface area contributed by atoms with Crippen molar-refractivity contribution in [2.75, 3.05) is 13.2 Å². The Labute approximate surface area is 422 Å². The van der Waals surface area contributed by atoms with Gasteiger partial charge in [0.1, 0.15) is 13.2 Å². The van der Waals surface area contributed by atoms with Gasteiger partial charge >= 0.3 is 17.9 Å². The molecule has 0 saturated heterocycles. The summed E-state index contributed by atoms with van der Waals surface area (Å²) in [4.78, 5) is 38.2. The highest BCUT2D eigenvalue weighted by Crippen LogP contribution is 2.16. The van der Waals surface area contributed by atoms with Crippen molar-refractivity contribution in [1.82, 2.24) is 0 Å². The van der Waals surface area contributed by atoms with E-state index in [1.807, 2.05) is 0 Å². The van der Waals surface area contributed by atoms with Crippen molar-refractivity contribution in [3.8, 4) is 0 Å². The van der Waals surface area contributed by atoms with Crippen LogP contribution in [0.1, 0.15) is 310 Å². The molecule has 396 valence electrons. The average Bonchev–Trinajstić information content (AvgIpc) is 3.34. The van der Waals surface area contributed by atoms with Gasteiger partial charge in [-0.3, -0.25) is 14.4 Å². The van der Waals surface area contributed by atoms with Crippen molar-refractivity contribution >= 4 is 17.9 Å². The number of esters is 3. The lowest BCUT2D eigenvalue weighted by Crippen LogP contribution is -2.30. The predicted octanol–water partition coefficient (Wildman–Crippen LogP) is 19.8. The highest BCUT2D eigenvalue weighted by atomic mass is 16.6. The van der Waals surface area contributed by atoms with Crippen LogP contribution in [0.4, 0.5) is 0 Å². The zero-order valence-corrected chi connectivity index (χ0v) is 45.4. The molecule has 0 aliphatic rings. The van der Waals surface area contributed by atoms with Crippen molar-refractivity contribution in [3.05, 3.63) is 48.6 Å². The standard InChI is InChI=1S/C62H112O6/c1-4-7-10-13-16-19-22-25-28-30-32-34-37-40-43-46-49-52-55-61(64)67-58-59(57-66-60(63)54-51-48-45-42-39-36-33-27-24-21-18-15-12-9-6-3)68-62(65)56-53-50-47-44-41-38-35-31-29-26-23-20-17-14-11-8-5-2/h17,20-21,24,26,29,32,34,59H,4-16,18-19,22-23,25,27-28,30-31,33,35-58H2,1-3H3/b20-17-,24-21-,29-26-,34-32-. The van der Waals surface area contributed by atoms with Crippen LogP contribution in [0.5, 0.6) is 0 Å². The van der Waals surface area contributed by atoms with Gasteiger partial charge in [0.2, 0.25) is 0 Å². The molecule has 0 aromatic rings. The van der Waals surface area contributed by atoms with Crippen LogP contribution in [0.15, 0.2) is 48.6 Å². The summed E-state index contributed by atoms with van der Waals surface area (Å²) >= 11 is 0. The number of ether oxygens (including phenoxy) is 3. The molecule has 1 unspecified atom stereocenters. The molecule has 0 aliphatic carbocycles. The second-order valence-corrected chi connectivity index (χ2v) is 19.9. The van der Waals surface area contributed by atoms with E-state index in [1.165, 1.54) is 193 Å². The minimum Gasteiger partial charge on any atom is -0.462 e. The van der Waals surface area contributed by atoms with E-state index in [1.54, 1.807) is 0 Å².